The largest absolute Gasteiger partial charge is 0.343 e. The van der Waals surface area contributed by atoms with Gasteiger partial charge >= 0.3 is 0 Å². The summed E-state index contributed by atoms with van der Waals surface area (Å²) in [6.07, 6.45) is 5.66. The molecule has 2 rings (SSSR count). The quantitative estimate of drug-likeness (QED) is 0.853. The minimum Gasteiger partial charge on any atom is -0.343 e. The van der Waals surface area contributed by atoms with Crippen LogP contribution in [0.5, 0.6) is 0 Å². The van der Waals surface area contributed by atoms with Crippen LogP contribution >= 0.6 is 11.6 Å². The maximum Gasteiger partial charge on any atom is 0.247 e. The summed E-state index contributed by atoms with van der Waals surface area (Å²) in [5.41, 5.74) is 0.782. The first-order valence-electron chi connectivity index (χ1n) is 6.42. The lowest BCUT2D eigenvalue weighted by molar-refractivity contribution is -0.124. The van der Waals surface area contributed by atoms with Crippen LogP contribution in [0.1, 0.15) is 19.4 Å². The molecule has 0 bridgehead atoms. The number of nitrogens with one attached hydrogen (secondary N) is 1. The minimum atomic E-state index is -0.535. The van der Waals surface area contributed by atoms with Gasteiger partial charge in [-0.3, -0.25) is 4.79 Å². The molecule has 1 unspecified atom stereocenters. The van der Waals surface area contributed by atoms with E-state index in [1.165, 1.54) is 4.80 Å². The number of carbonyl (C=O) groups excluding carboxylic acids is 1. The van der Waals surface area contributed by atoms with Gasteiger partial charge in [0.15, 0.2) is 6.04 Å². The first kappa shape index (κ1) is 15.0. The number of halogens is 1. The van der Waals surface area contributed by atoms with E-state index in [1.54, 1.807) is 24.3 Å². The predicted molar refractivity (Wildman–Crippen MR) is 79.4 cm³/mol. The van der Waals surface area contributed by atoms with Crippen LogP contribution in [0.3, 0.4) is 0 Å². The molecule has 0 aliphatic carbocycles. The molecule has 1 aromatic carbocycles. The Morgan fingerprint density at radius 1 is 1.48 bits per heavy atom. The second-order valence-corrected chi connectivity index (χ2v) is 4.72. The zero-order chi connectivity index (χ0) is 15.2. The molecule has 0 radical (unpaired) electrons. The number of tetrazole rings is 1. The number of aromatic nitrogens is 4. The predicted octanol–water partition coefficient (Wildman–Crippen LogP) is 1.69. The van der Waals surface area contributed by atoms with Crippen molar-refractivity contribution in [3.05, 3.63) is 29.3 Å². The number of hydrogen-bond acceptors (Lipinski definition) is 4. The van der Waals surface area contributed by atoms with Crippen molar-refractivity contribution in [3.63, 3.8) is 0 Å². The third-order valence-corrected chi connectivity index (χ3v) is 3.12. The van der Waals surface area contributed by atoms with Crippen LogP contribution in [-0.2, 0) is 4.79 Å². The van der Waals surface area contributed by atoms with Gasteiger partial charge in [0, 0.05) is 10.6 Å². The van der Waals surface area contributed by atoms with Gasteiger partial charge in [-0.25, -0.2) is 0 Å². The molecule has 0 spiro atoms. The van der Waals surface area contributed by atoms with Crippen molar-refractivity contribution in [1.82, 2.24) is 25.5 Å². The van der Waals surface area contributed by atoms with Gasteiger partial charge < -0.3 is 5.32 Å². The smallest absolute Gasteiger partial charge is 0.247 e. The van der Waals surface area contributed by atoms with Crippen LogP contribution in [0.25, 0.3) is 11.4 Å². The van der Waals surface area contributed by atoms with Crippen molar-refractivity contribution in [2.45, 2.75) is 19.4 Å². The first-order chi connectivity index (χ1) is 10.2. The lowest BCUT2D eigenvalue weighted by Crippen LogP contribution is -2.33. The maximum absolute atomic E-state index is 12.0. The summed E-state index contributed by atoms with van der Waals surface area (Å²) in [4.78, 5) is 13.3. The molecule has 6 nitrogen and oxygen atoms in total. The van der Waals surface area contributed by atoms with Gasteiger partial charge in [-0.15, -0.1) is 16.6 Å². The average Bonchev–Trinajstić information content (AvgIpc) is 2.96. The molecule has 0 fully saturated rings. The lowest BCUT2D eigenvalue weighted by atomic mass is 10.2. The number of terminal acetylenes is 1. The molecule has 1 heterocycles. The Morgan fingerprint density at radius 2 is 2.19 bits per heavy atom. The van der Waals surface area contributed by atoms with E-state index in [2.05, 4.69) is 26.6 Å². The van der Waals surface area contributed by atoms with Crippen molar-refractivity contribution in [1.29, 1.82) is 0 Å². The van der Waals surface area contributed by atoms with Gasteiger partial charge in [0.1, 0.15) is 0 Å². The molecule has 0 saturated heterocycles. The molecule has 2 aromatic rings. The van der Waals surface area contributed by atoms with Gasteiger partial charge in [-0.1, -0.05) is 24.4 Å². The van der Waals surface area contributed by atoms with E-state index in [0.29, 0.717) is 17.3 Å². The van der Waals surface area contributed by atoms with E-state index >= 15 is 0 Å². The molecule has 1 N–H and O–H groups in total. The van der Waals surface area contributed by atoms with Crippen LogP contribution < -0.4 is 5.32 Å². The van der Waals surface area contributed by atoms with E-state index in [4.69, 9.17) is 18.0 Å². The summed E-state index contributed by atoms with van der Waals surface area (Å²) in [7, 11) is 0. The highest BCUT2D eigenvalue weighted by Crippen LogP contribution is 2.18. The van der Waals surface area contributed by atoms with Gasteiger partial charge in [0.25, 0.3) is 0 Å². The van der Waals surface area contributed by atoms with Crippen molar-refractivity contribution in [3.8, 4) is 23.7 Å². The number of hydrogen-bond donors (Lipinski definition) is 1. The topological polar surface area (TPSA) is 72.7 Å². The molecule has 1 atom stereocenters. The molecule has 7 heteroatoms. The summed E-state index contributed by atoms with van der Waals surface area (Å²) in [5.74, 6) is 2.57. The fraction of sp³-hybridized carbons (Fsp3) is 0.286. The van der Waals surface area contributed by atoms with Crippen molar-refractivity contribution in [2.75, 3.05) is 6.54 Å². The molecular formula is C14H14ClN5O. The van der Waals surface area contributed by atoms with E-state index in [1.807, 2.05) is 6.92 Å². The molecule has 108 valence electrons. The Hall–Kier alpha value is -2.39. The van der Waals surface area contributed by atoms with Crippen LogP contribution in [0.2, 0.25) is 5.02 Å². The Balaban J connectivity index is 2.19. The number of rotatable bonds is 5. The number of nitrogens with zero attached hydrogens (tertiary/aromatic N) is 4. The number of benzene rings is 1. The van der Waals surface area contributed by atoms with Gasteiger partial charge in [-0.05, 0) is 35.9 Å². The normalized spacial score (nSPS) is 11.7. The third-order valence-electron chi connectivity index (χ3n) is 2.86. The zero-order valence-electron chi connectivity index (χ0n) is 11.5. The average molecular weight is 304 g/mol. The number of amides is 1. The SMILES string of the molecule is C#CCNC(=O)C(CC)n1nnc(-c2ccc(Cl)cc2)n1. The van der Waals surface area contributed by atoms with Crippen molar-refractivity contribution in [2.24, 2.45) is 0 Å². The Morgan fingerprint density at radius 3 is 2.81 bits per heavy atom. The van der Waals surface area contributed by atoms with E-state index in [9.17, 15) is 4.79 Å². The second-order valence-electron chi connectivity index (χ2n) is 4.29. The summed E-state index contributed by atoms with van der Waals surface area (Å²) < 4.78 is 0. The standard InChI is InChI=1S/C14H14ClN5O/c1-3-9-16-14(21)12(4-2)20-18-13(17-19-20)10-5-7-11(15)8-6-10/h1,5-8,12H,4,9H2,2H3,(H,16,21). The highest BCUT2D eigenvalue weighted by atomic mass is 35.5. The van der Waals surface area contributed by atoms with Crippen molar-refractivity contribution < 1.29 is 4.79 Å². The summed E-state index contributed by atoms with van der Waals surface area (Å²) in [6.45, 7) is 2.04. The zero-order valence-corrected chi connectivity index (χ0v) is 12.2. The highest BCUT2D eigenvalue weighted by Gasteiger charge is 2.21. The maximum atomic E-state index is 12.0. The third kappa shape index (κ3) is 3.58. The van der Waals surface area contributed by atoms with E-state index < -0.39 is 6.04 Å². The molecule has 0 aliphatic rings. The lowest BCUT2D eigenvalue weighted by Gasteiger charge is -2.11. The fourth-order valence-corrected chi connectivity index (χ4v) is 1.91. The van der Waals surface area contributed by atoms with E-state index in [0.717, 1.165) is 5.56 Å². The number of carbonyl (C=O) groups is 1. The van der Waals surface area contributed by atoms with Crippen LogP contribution in [0, 0.1) is 12.3 Å². The van der Waals surface area contributed by atoms with Crippen LogP contribution in [0.4, 0.5) is 0 Å². The monoisotopic (exact) mass is 303 g/mol. The van der Waals surface area contributed by atoms with Gasteiger partial charge in [-0.2, -0.15) is 4.80 Å². The molecule has 0 aliphatic heterocycles. The fourth-order valence-electron chi connectivity index (χ4n) is 1.78. The Labute approximate surface area is 127 Å². The van der Waals surface area contributed by atoms with Crippen LogP contribution in [-0.4, -0.2) is 32.7 Å². The summed E-state index contributed by atoms with van der Waals surface area (Å²) >= 11 is 5.84. The summed E-state index contributed by atoms with van der Waals surface area (Å²) in [5, 5.41) is 15.4. The molecule has 1 amide bonds. The van der Waals surface area contributed by atoms with Crippen molar-refractivity contribution >= 4 is 17.5 Å². The van der Waals surface area contributed by atoms with Crippen LogP contribution in [0.15, 0.2) is 24.3 Å². The highest BCUT2D eigenvalue weighted by molar-refractivity contribution is 6.30. The molecular weight excluding hydrogens is 290 g/mol. The minimum absolute atomic E-state index is 0.175. The first-order valence-corrected chi connectivity index (χ1v) is 6.80. The Kier molecular flexibility index (Phi) is 4.90. The Bertz CT molecular complexity index is 659. The van der Waals surface area contributed by atoms with Gasteiger partial charge in [0.05, 0.1) is 6.54 Å². The molecule has 21 heavy (non-hydrogen) atoms. The second kappa shape index (κ2) is 6.86. The van der Waals surface area contributed by atoms with E-state index in [-0.39, 0.29) is 12.5 Å². The van der Waals surface area contributed by atoms with Gasteiger partial charge in [0.2, 0.25) is 11.7 Å². The molecule has 0 saturated carbocycles. The molecule has 1 aromatic heterocycles. The summed E-state index contributed by atoms with van der Waals surface area (Å²) in [6, 6.07) is 6.54.